The number of methoxy groups -OCH3 is 1. The van der Waals surface area contributed by atoms with E-state index in [1.807, 2.05) is 24.3 Å². The normalized spacial score (nSPS) is 15.3. The first-order chi connectivity index (χ1) is 13.2. The molecule has 1 fully saturated rings. The van der Waals surface area contributed by atoms with Crippen LogP contribution in [0.15, 0.2) is 48.5 Å². The van der Waals surface area contributed by atoms with Crippen molar-refractivity contribution in [2.24, 2.45) is 0 Å². The fraction of sp³-hybridized carbons (Fsp3) is 0.381. The van der Waals surface area contributed by atoms with Crippen molar-refractivity contribution < 1.29 is 18.7 Å². The lowest BCUT2D eigenvalue weighted by molar-refractivity contribution is 0.0760. The van der Waals surface area contributed by atoms with Gasteiger partial charge in [-0.25, -0.2) is 4.39 Å². The predicted molar refractivity (Wildman–Crippen MR) is 102 cm³/mol. The molecule has 0 atom stereocenters. The average Bonchev–Trinajstić information content (AvgIpc) is 2.94. The van der Waals surface area contributed by atoms with Crippen LogP contribution in [0.25, 0.3) is 0 Å². The van der Waals surface area contributed by atoms with E-state index in [0.717, 1.165) is 37.6 Å². The minimum atomic E-state index is -0.382. The number of benzene rings is 2. The van der Waals surface area contributed by atoms with Gasteiger partial charge in [0.15, 0.2) is 0 Å². The van der Waals surface area contributed by atoms with Gasteiger partial charge in [0.1, 0.15) is 23.9 Å². The molecule has 0 bridgehead atoms. The molecule has 1 amide bonds. The molecule has 27 heavy (non-hydrogen) atoms. The first kappa shape index (κ1) is 19.2. The minimum absolute atomic E-state index is 0.106. The van der Waals surface area contributed by atoms with E-state index in [9.17, 15) is 9.18 Å². The van der Waals surface area contributed by atoms with Gasteiger partial charge in [0.25, 0.3) is 5.91 Å². The third-order valence-corrected chi connectivity index (χ3v) is 4.68. The zero-order valence-electron chi connectivity index (χ0n) is 15.6. The van der Waals surface area contributed by atoms with Gasteiger partial charge in [-0.2, -0.15) is 0 Å². The molecule has 3 rings (SSSR count). The van der Waals surface area contributed by atoms with Crippen molar-refractivity contribution in [2.45, 2.75) is 6.42 Å². The van der Waals surface area contributed by atoms with Crippen molar-refractivity contribution in [1.29, 1.82) is 0 Å². The monoisotopic (exact) mass is 372 g/mol. The maximum atomic E-state index is 13.4. The van der Waals surface area contributed by atoms with Crippen molar-refractivity contribution >= 4 is 5.91 Å². The maximum absolute atomic E-state index is 13.4. The molecule has 5 nitrogen and oxygen atoms in total. The van der Waals surface area contributed by atoms with Crippen LogP contribution in [0.5, 0.6) is 11.5 Å². The highest BCUT2D eigenvalue weighted by atomic mass is 19.1. The van der Waals surface area contributed by atoms with E-state index in [0.29, 0.717) is 25.3 Å². The Kier molecular flexibility index (Phi) is 6.65. The number of ether oxygens (including phenoxy) is 2. The Morgan fingerprint density at radius 1 is 1.04 bits per heavy atom. The second-order valence-electron chi connectivity index (χ2n) is 6.52. The number of carbonyl (C=O) groups excluding carboxylic acids is 1. The van der Waals surface area contributed by atoms with E-state index in [-0.39, 0.29) is 11.7 Å². The summed E-state index contributed by atoms with van der Waals surface area (Å²) in [5.41, 5.74) is 0.409. The van der Waals surface area contributed by atoms with Crippen LogP contribution in [-0.2, 0) is 0 Å². The molecule has 6 heteroatoms. The molecule has 0 aromatic heterocycles. The van der Waals surface area contributed by atoms with Crippen molar-refractivity contribution in [3.05, 3.63) is 59.9 Å². The van der Waals surface area contributed by atoms with Crippen LogP contribution in [0.1, 0.15) is 16.8 Å². The zero-order chi connectivity index (χ0) is 19.1. The highest BCUT2D eigenvalue weighted by Gasteiger charge is 2.20. The van der Waals surface area contributed by atoms with Gasteiger partial charge in [-0.05, 0) is 48.9 Å². The van der Waals surface area contributed by atoms with E-state index >= 15 is 0 Å². The average molecular weight is 372 g/mol. The number of carbonyl (C=O) groups is 1. The van der Waals surface area contributed by atoms with E-state index in [2.05, 4.69) is 4.90 Å². The Hall–Kier alpha value is -2.60. The molecule has 0 N–H and O–H groups in total. The first-order valence-corrected chi connectivity index (χ1v) is 9.20. The second-order valence-corrected chi connectivity index (χ2v) is 6.52. The summed E-state index contributed by atoms with van der Waals surface area (Å²) in [6, 6.07) is 13.4. The number of halogens is 1. The van der Waals surface area contributed by atoms with Crippen molar-refractivity contribution in [3.63, 3.8) is 0 Å². The summed E-state index contributed by atoms with van der Waals surface area (Å²) >= 11 is 0. The van der Waals surface area contributed by atoms with Gasteiger partial charge in [0.05, 0.1) is 7.11 Å². The van der Waals surface area contributed by atoms with Crippen molar-refractivity contribution in [1.82, 2.24) is 9.80 Å². The largest absolute Gasteiger partial charge is 0.497 e. The lowest BCUT2D eigenvalue weighted by atomic mass is 10.2. The van der Waals surface area contributed by atoms with Gasteiger partial charge in [-0.3, -0.25) is 9.69 Å². The standard InChI is InChI=1S/C21H25FN2O3/c1-26-19-6-8-20(9-7-19)27-15-14-23-10-3-11-24(13-12-23)21(25)17-4-2-5-18(22)16-17/h2,4-9,16H,3,10-15H2,1H3. The Morgan fingerprint density at radius 3 is 2.56 bits per heavy atom. The predicted octanol–water partition coefficient (Wildman–Crippen LogP) is 3.06. The minimum Gasteiger partial charge on any atom is -0.497 e. The molecule has 0 radical (unpaired) electrons. The second kappa shape index (κ2) is 9.37. The molecular weight excluding hydrogens is 347 g/mol. The molecular formula is C21H25FN2O3. The van der Waals surface area contributed by atoms with Gasteiger partial charge in [0, 0.05) is 38.3 Å². The highest BCUT2D eigenvalue weighted by molar-refractivity contribution is 5.94. The molecule has 0 unspecified atom stereocenters. The van der Waals surface area contributed by atoms with Crippen LogP contribution in [0.4, 0.5) is 4.39 Å². The van der Waals surface area contributed by atoms with Gasteiger partial charge in [-0.15, -0.1) is 0 Å². The number of nitrogens with zero attached hydrogens (tertiary/aromatic N) is 2. The van der Waals surface area contributed by atoms with E-state index in [1.165, 1.54) is 12.1 Å². The number of amides is 1. The number of rotatable bonds is 6. The van der Waals surface area contributed by atoms with Crippen LogP contribution in [0.3, 0.4) is 0 Å². The molecule has 0 spiro atoms. The van der Waals surface area contributed by atoms with Crippen LogP contribution in [0.2, 0.25) is 0 Å². The fourth-order valence-electron chi connectivity index (χ4n) is 3.17. The SMILES string of the molecule is COc1ccc(OCCN2CCCN(C(=O)c3cccc(F)c3)CC2)cc1. The molecule has 1 saturated heterocycles. The van der Waals surface area contributed by atoms with Crippen LogP contribution >= 0.6 is 0 Å². The third-order valence-electron chi connectivity index (χ3n) is 4.68. The number of hydrogen-bond donors (Lipinski definition) is 0. The van der Waals surface area contributed by atoms with E-state index < -0.39 is 0 Å². The molecule has 2 aromatic carbocycles. The van der Waals surface area contributed by atoms with Gasteiger partial charge in [-0.1, -0.05) is 6.07 Å². The summed E-state index contributed by atoms with van der Waals surface area (Å²) in [7, 11) is 1.64. The Morgan fingerprint density at radius 2 is 1.81 bits per heavy atom. The van der Waals surface area contributed by atoms with Gasteiger partial charge < -0.3 is 14.4 Å². The lowest BCUT2D eigenvalue weighted by Gasteiger charge is -2.22. The summed E-state index contributed by atoms with van der Waals surface area (Å²) in [6.45, 7) is 4.41. The van der Waals surface area contributed by atoms with Gasteiger partial charge in [0.2, 0.25) is 0 Å². The Balaban J connectivity index is 1.46. The van der Waals surface area contributed by atoms with Crippen LogP contribution in [0, 0.1) is 5.82 Å². The summed E-state index contributed by atoms with van der Waals surface area (Å²) in [5, 5.41) is 0. The number of hydrogen-bond acceptors (Lipinski definition) is 4. The van der Waals surface area contributed by atoms with Crippen LogP contribution < -0.4 is 9.47 Å². The van der Waals surface area contributed by atoms with Gasteiger partial charge >= 0.3 is 0 Å². The van der Waals surface area contributed by atoms with E-state index in [4.69, 9.17) is 9.47 Å². The fourth-order valence-corrected chi connectivity index (χ4v) is 3.17. The zero-order valence-corrected chi connectivity index (χ0v) is 15.6. The Labute approximate surface area is 159 Å². The van der Waals surface area contributed by atoms with Crippen molar-refractivity contribution in [3.8, 4) is 11.5 Å². The smallest absolute Gasteiger partial charge is 0.254 e. The summed E-state index contributed by atoms with van der Waals surface area (Å²) < 4.78 is 24.3. The molecule has 1 aliphatic rings. The molecule has 0 aliphatic carbocycles. The summed E-state index contributed by atoms with van der Waals surface area (Å²) in [5.74, 6) is 1.13. The molecule has 144 valence electrons. The van der Waals surface area contributed by atoms with E-state index in [1.54, 1.807) is 24.1 Å². The highest BCUT2D eigenvalue weighted by Crippen LogP contribution is 2.17. The summed E-state index contributed by atoms with van der Waals surface area (Å²) in [4.78, 5) is 16.7. The topological polar surface area (TPSA) is 42.0 Å². The Bertz CT molecular complexity index is 751. The molecule has 1 heterocycles. The quantitative estimate of drug-likeness (QED) is 0.782. The lowest BCUT2D eigenvalue weighted by Crippen LogP contribution is -2.36. The molecule has 2 aromatic rings. The third kappa shape index (κ3) is 5.44. The van der Waals surface area contributed by atoms with Crippen molar-refractivity contribution in [2.75, 3.05) is 46.4 Å². The first-order valence-electron chi connectivity index (χ1n) is 9.20. The summed E-state index contributed by atoms with van der Waals surface area (Å²) in [6.07, 6.45) is 0.892. The van der Waals surface area contributed by atoms with Crippen LogP contribution in [-0.4, -0.2) is 62.1 Å². The molecule has 0 saturated carbocycles. The molecule has 1 aliphatic heterocycles. The maximum Gasteiger partial charge on any atom is 0.254 e.